The molecular weight excluding hydrogens is 426 g/mol. The van der Waals surface area contributed by atoms with Gasteiger partial charge in [0, 0.05) is 18.0 Å². The van der Waals surface area contributed by atoms with Crippen LogP contribution in [0.2, 0.25) is 0 Å². The molecule has 0 bridgehead atoms. The van der Waals surface area contributed by atoms with E-state index in [1.165, 1.54) is 13.3 Å². The highest BCUT2D eigenvalue weighted by Gasteiger charge is 2.11. The van der Waals surface area contributed by atoms with Crippen LogP contribution in [0.4, 0.5) is 11.5 Å². The smallest absolute Gasteiger partial charge is 0.216 e. The van der Waals surface area contributed by atoms with Crippen LogP contribution in [0.5, 0.6) is 11.5 Å². The molecule has 4 aromatic rings. The molecule has 164 valence electrons. The summed E-state index contributed by atoms with van der Waals surface area (Å²) in [6.45, 7) is 4.68. The number of ether oxygens (including phenoxy) is 2. The van der Waals surface area contributed by atoms with Crippen LogP contribution in [0.25, 0.3) is 10.9 Å². The second-order valence-electron chi connectivity index (χ2n) is 7.08. The number of benzene rings is 2. The maximum absolute atomic E-state index is 11.1. The van der Waals surface area contributed by atoms with Gasteiger partial charge in [-0.1, -0.05) is 6.07 Å². The van der Waals surface area contributed by atoms with Crippen molar-refractivity contribution >= 4 is 39.7 Å². The average Bonchev–Trinajstić information content (AvgIpc) is 3.30. The summed E-state index contributed by atoms with van der Waals surface area (Å²) in [5, 5.41) is 8.84. The van der Waals surface area contributed by atoms with Crippen molar-refractivity contribution in [2.75, 3.05) is 18.5 Å². The molecule has 32 heavy (non-hydrogen) atoms. The normalized spacial score (nSPS) is 10.7. The zero-order valence-electron chi connectivity index (χ0n) is 17.8. The minimum atomic E-state index is -0.0911. The van der Waals surface area contributed by atoms with Crippen LogP contribution in [0, 0.1) is 6.92 Å². The molecule has 0 saturated carbocycles. The molecule has 0 spiro atoms. The first-order chi connectivity index (χ1) is 15.6. The lowest BCUT2D eigenvalue weighted by atomic mass is 10.1. The standard InChI is InChI=1S/C23H23N5O3S/c1-15-10-17(6-7-20(15)31-11-18-12-32-14-27-18)28-23-22-19(25-13-26-23)4-3-5-21(22)30-9-8-24-16(2)29/h3-7,10,12-14H,8-9,11H2,1-2H3,(H,24,29)(H,25,26,28). The number of hydrogen-bond donors (Lipinski definition) is 2. The van der Waals surface area contributed by atoms with E-state index in [-0.39, 0.29) is 5.91 Å². The number of amides is 1. The van der Waals surface area contributed by atoms with Crippen molar-refractivity contribution in [3.8, 4) is 11.5 Å². The van der Waals surface area contributed by atoms with E-state index in [2.05, 4.69) is 25.6 Å². The highest BCUT2D eigenvalue weighted by Crippen LogP contribution is 2.32. The molecule has 0 saturated heterocycles. The number of carbonyl (C=O) groups excluding carboxylic acids is 1. The van der Waals surface area contributed by atoms with Gasteiger partial charge in [0.1, 0.15) is 36.9 Å². The lowest BCUT2D eigenvalue weighted by molar-refractivity contribution is -0.119. The Hall–Kier alpha value is -3.72. The molecule has 0 fully saturated rings. The topological polar surface area (TPSA) is 98.3 Å². The van der Waals surface area contributed by atoms with Crippen molar-refractivity contribution in [2.24, 2.45) is 0 Å². The van der Waals surface area contributed by atoms with Gasteiger partial charge in [0.15, 0.2) is 0 Å². The van der Waals surface area contributed by atoms with Crippen molar-refractivity contribution in [3.63, 3.8) is 0 Å². The van der Waals surface area contributed by atoms with Crippen LogP contribution < -0.4 is 20.1 Å². The van der Waals surface area contributed by atoms with E-state index in [1.807, 2.05) is 48.7 Å². The monoisotopic (exact) mass is 449 g/mol. The minimum Gasteiger partial charge on any atom is -0.491 e. The molecule has 8 nitrogen and oxygen atoms in total. The Balaban J connectivity index is 1.52. The summed E-state index contributed by atoms with van der Waals surface area (Å²) in [5.41, 5.74) is 5.34. The minimum absolute atomic E-state index is 0.0911. The van der Waals surface area contributed by atoms with E-state index >= 15 is 0 Å². The molecule has 0 aliphatic carbocycles. The number of nitrogens with zero attached hydrogens (tertiary/aromatic N) is 3. The zero-order chi connectivity index (χ0) is 22.3. The number of nitrogens with one attached hydrogen (secondary N) is 2. The van der Waals surface area contributed by atoms with Crippen LogP contribution in [0.15, 0.2) is 53.6 Å². The third-order valence-electron chi connectivity index (χ3n) is 4.65. The third-order valence-corrected chi connectivity index (χ3v) is 5.29. The fourth-order valence-electron chi connectivity index (χ4n) is 3.17. The molecule has 2 heterocycles. The van der Waals surface area contributed by atoms with Crippen molar-refractivity contribution in [1.29, 1.82) is 0 Å². The first kappa shape index (κ1) is 21.5. The Labute approximate surface area is 189 Å². The van der Waals surface area contributed by atoms with Gasteiger partial charge in [-0.05, 0) is 42.8 Å². The molecule has 0 radical (unpaired) electrons. The highest BCUT2D eigenvalue weighted by molar-refractivity contribution is 7.07. The Kier molecular flexibility index (Phi) is 6.76. The first-order valence-corrected chi connectivity index (χ1v) is 11.0. The Morgan fingerprint density at radius 1 is 1.09 bits per heavy atom. The molecule has 0 unspecified atom stereocenters. The van der Waals surface area contributed by atoms with Crippen LogP contribution in [0.1, 0.15) is 18.2 Å². The second kappa shape index (κ2) is 10.1. The van der Waals surface area contributed by atoms with E-state index < -0.39 is 0 Å². The van der Waals surface area contributed by atoms with E-state index in [1.54, 1.807) is 16.8 Å². The predicted octanol–water partition coefficient (Wildman–Crippen LogP) is 4.23. The van der Waals surface area contributed by atoms with Gasteiger partial charge >= 0.3 is 0 Å². The van der Waals surface area contributed by atoms with Crippen molar-refractivity contribution in [1.82, 2.24) is 20.3 Å². The molecule has 2 N–H and O–H groups in total. The molecule has 0 aliphatic heterocycles. The van der Waals surface area contributed by atoms with Gasteiger partial charge in [-0.3, -0.25) is 4.79 Å². The highest BCUT2D eigenvalue weighted by atomic mass is 32.1. The van der Waals surface area contributed by atoms with Gasteiger partial charge in [0.2, 0.25) is 5.91 Å². The molecular formula is C23H23N5O3S. The van der Waals surface area contributed by atoms with Crippen LogP contribution in [0.3, 0.4) is 0 Å². The van der Waals surface area contributed by atoms with Crippen molar-refractivity contribution < 1.29 is 14.3 Å². The van der Waals surface area contributed by atoms with Gasteiger partial charge in [-0.2, -0.15) is 0 Å². The second-order valence-corrected chi connectivity index (χ2v) is 7.80. The molecule has 4 rings (SSSR count). The number of aryl methyl sites for hydroxylation is 1. The largest absolute Gasteiger partial charge is 0.491 e. The van der Waals surface area contributed by atoms with Crippen LogP contribution in [-0.2, 0) is 11.4 Å². The number of aromatic nitrogens is 3. The lowest BCUT2D eigenvalue weighted by Crippen LogP contribution is -2.25. The number of anilines is 2. The van der Waals surface area contributed by atoms with Crippen LogP contribution in [-0.4, -0.2) is 34.0 Å². The number of carbonyl (C=O) groups is 1. The first-order valence-electron chi connectivity index (χ1n) is 10.1. The Morgan fingerprint density at radius 2 is 2.00 bits per heavy atom. The van der Waals surface area contributed by atoms with Gasteiger partial charge in [0.25, 0.3) is 0 Å². The molecule has 0 aliphatic rings. The molecule has 2 aromatic carbocycles. The summed E-state index contributed by atoms with van der Waals surface area (Å²) >= 11 is 1.55. The molecule has 0 atom stereocenters. The quantitative estimate of drug-likeness (QED) is 0.369. The number of hydrogen-bond acceptors (Lipinski definition) is 8. The van der Waals surface area contributed by atoms with Crippen LogP contribution >= 0.6 is 11.3 Å². The van der Waals surface area contributed by atoms with Gasteiger partial charge in [-0.15, -0.1) is 11.3 Å². The summed E-state index contributed by atoms with van der Waals surface area (Å²) in [4.78, 5) is 24.1. The van der Waals surface area contributed by atoms with E-state index in [4.69, 9.17) is 9.47 Å². The molecule has 1 amide bonds. The van der Waals surface area contributed by atoms with Gasteiger partial charge < -0.3 is 20.1 Å². The third kappa shape index (κ3) is 5.30. The van der Waals surface area contributed by atoms with E-state index in [9.17, 15) is 4.79 Å². The summed E-state index contributed by atoms with van der Waals surface area (Å²) in [7, 11) is 0. The number of rotatable bonds is 9. The fraction of sp³-hybridized carbons (Fsp3) is 0.217. The summed E-state index contributed by atoms with van der Waals surface area (Å²) < 4.78 is 11.8. The summed E-state index contributed by atoms with van der Waals surface area (Å²) in [6.07, 6.45) is 1.52. The Bertz CT molecular complexity index is 1210. The molecule has 2 aromatic heterocycles. The van der Waals surface area contributed by atoms with Crippen molar-refractivity contribution in [2.45, 2.75) is 20.5 Å². The summed E-state index contributed by atoms with van der Waals surface area (Å²) in [5.74, 6) is 2.00. The zero-order valence-corrected chi connectivity index (χ0v) is 18.6. The van der Waals surface area contributed by atoms with Gasteiger partial charge in [0.05, 0.1) is 28.7 Å². The van der Waals surface area contributed by atoms with Crippen molar-refractivity contribution in [3.05, 3.63) is 64.9 Å². The summed E-state index contributed by atoms with van der Waals surface area (Å²) in [6, 6.07) is 11.5. The predicted molar refractivity (Wildman–Crippen MR) is 125 cm³/mol. The van der Waals surface area contributed by atoms with Gasteiger partial charge in [-0.25, -0.2) is 15.0 Å². The fourth-order valence-corrected chi connectivity index (χ4v) is 3.71. The Morgan fingerprint density at radius 3 is 2.78 bits per heavy atom. The maximum Gasteiger partial charge on any atom is 0.216 e. The van der Waals surface area contributed by atoms with E-state index in [0.717, 1.165) is 33.6 Å². The average molecular weight is 450 g/mol. The number of fused-ring (bicyclic) bond motifs is 1. The van der Waals surface area contributed by atoms with E-state index in [0.29, 0.717) is 31.3 Å². The number of thiazole rings is 1. The lowest BCUT2D eigenvalue weighted by Gasteiger charge is -2.14. The molecule has 9 heteroatoms. The maximum atomic E-state index is 11.1. The SMILES string of the molecule is CC(=O)NCCOc1cccc2ncnc(Nc3ccc(OCc4cscn4)c(C)c3)c12.